The van der Waals surface area contributed by atoms with Crippen LogP contribution < -0.4 is 5.32 Å². The molecule has 8 nitrogen and oxygen atoms in total. The number of rotatable bonds is 11. The van der Waals surface area contributed by atoms with E-state index in [0.29, 0.717) is 13.1 Å². The molecule has 1 fully saturated rings. The number of amides is 3. The molecule has 0 unspecified atom stereocenters. The summed E-state index contributed by atoms with van der Waals surface area (Å²) in [5, 5.41) is 2.56. The Bertz CT molecular complexity index is 669. The molecule has 1 N–H and O–H groups in total. The van der Waals surface area contributed by atoms with Crippen molar-refractivity contribution in [3.63, 3.8) is 0 Å². The highest BCUT2D eigenvalue weighted by molar-refractivity contribution is 5.86. The fraction of sp³-hybridized carbons (Fsp3) is 0.650. The molecule has 1 aliphatic carbocycles. The SMILES string of the molecule is CCCCN(CC(=O)N(Cc1cccn1C)C1CC1)C(=O)NCC(=O)OCC. The molecule has 1 aromatic rings. The lowest BCUT2D eigenvalue weighted by atomic mass is 10.3. The minimum absolute atomic E-state index is 0.00951. The Morgan fingerprint density at radius 2 is 2.04 bits per heavy atom. The van der Waals surface area contributed by atoms with E-state index in [2.05, 4.69) is 5.32 Å². The monoisotopic (exact) mass is 392 g/mol. The van der Waals surface area contributed by atoms with Crippen molar-refractivity contribution >= 4 is 17.9 Å². The van der Waals surface area contributed by atoms with Gasteiger partial charge in [-0.2, -0.15) is 0 Å². The zero-order chi connectivity index (χ0) is 20.5. The third kappa shape index (κ3) is 6.58. The molecule has 1 aromatic heterocycles. The quantitative estimate of drug-likeness (QED) is 0.583. The van der Waals surface area contributed by atoms with Crippen molar-refractivity contribution in [1.82, 2.24) is 19.7 Å². The van der Waals surface area contributed by atoms with Crippen LogP contribution in [0.4, 0.5) is 4.79 Å². The van der Waals surface area contributed by atoms with Crippen LogP contribution in [0.5, 0.6) is 0 Å². The van der Waals surface area contributed by atoms with Gasteiger partial charge in [0.1, 0.15) is 13.1 Å². The van der Waals surface area contributed by atoms with Gasteiger partial charge in [-0.25, -0.2) is 4.79 Å². The van der Waals surface area contributed by atoms with Crippen LogP contribution in [-0.4, -0.2) is 64.6 Å². The summed E-state index contributed by atoms with van der Waals surface area (Å²) in [6.07, 6.45) is 5.66. The number of urea groups is 1. The molecule has 3 amide bonds. The van der Waals surface area contributed by atoms with Gasteiger partial charge in [-0.15, -0.1) is 0 Å². The molecule has 156 valence electrons. The van der Waals surface area contributed by atoms with E-state index in [4.69, 9.17) is 4.74 Å². The van der Waals surface area contributed by atoms with Crippen molar-refractivity contribution < 1.29 is 19.1 Å². The third-order valence-corrected chi connectivity index (χ3v) is 4.78. The predicted molar refractivity (Wildman–Crippen MR) is 105 cm³/mol. The van der Waals surface area contributed by atoms with Gasteiger partial charge in [0.25, 0.3) is 0 Å². The number of esters is 1. The van der Waals surface area contributed by atoms with E-state index in [1.54, 1.807) is 6.92 Å². The normalized spacial score (nSPS) is 13.1. The Hall–Kier alpha value is -2.51. The smallest absolute Gasteiger partial charge is 0.325 e. The minimum atomic E-state index is -0.485. The standard InChI is InChI=1S/C20H32N4O4/c1-4-6-12-23(20(27)21-13-19(26)28-5-2)15-18(25)24(16-9-10-16)14-17-8-7-11-22(17)3/h7-8,11,16H,4-6,9-10,12-15H2,1-3H3,(H,21,27). The number of aryl methyl sites for hydroxylation is 1. The molecule has 0 spiro atoms. The average molecular weight is 393 g/mol. The first-order chi connectivity index (χ1) is 13.5. The van der Waals surface area contributed by atoms with Crippen molar-refractivity contribution in [2.75, 3.05) is 26.2 Å². The lowest BCUT2D eigenvalue weighted by molar-refractivity contribution is -0.141. The van der Waals surface area contributed by atoms with Crippen molar-refractivity contribution in [3.8, 4) is 0 Å². The lowest BCUT2D eigenvalue weighted by Crippen LogP contribution is -2.48. The number of carbonyl (C=O) groups excluding carboxylic acids is 3. The summed E-state index contributed by atoms with van der Waals surface area (Å²) in [6, 6.07) is 3.80. The first-order valence-electron chi connectivity index (χ1n) is 10.0. The molecule has 1 aliphatic rings. The topological polar surface area (TPSA) is 83.9 Å². The molecular weight excluding hydrogens is 360 g/mol. The number of hydrogen-bond acceptors (Lipinski definition) is 4. The number of nitrogens with one attached hydrogen (secondary N) is 1. The summed E-state index contributed by atoms with van der Waals surface area (Å²) in [5.41, 5.74) is 1.06. The van der Waals surface area contributed by atoms with Crippen LogP contribution in [0.1, 0.15) is 45.2 Å². The maximum atomic E-state index is 13.0. The van der Waals surface area contributed by atoms with Crippen LogP contribution in [-0.2, 0) is 27.9 Å². The Morgan fingerprint density at radius 1 is 1.29 bits per heavy atom. The molecule has 0 atom stereocenters. The Balaban J connectivity index is 1.98. The van der Waals surface area contributed by atoms with Gasteiger partial charge in [0.05, 0.1) is 13.2 Å². The highest BCUT2D eigenvalue weighted by atomic mass is 16.5. The minimum Gasteiger partial charge on any atom is -0.465 e. The van der Waals surface area contributed by atoms with E-state index in [9.17, 15) is 14.4 Å². The van der Waals surface area contributed by atoms with Gasteiger partial charge in [-0.1, -0.05) is 13.3 Å². The third-order valence-electron chi connectivity index (χ3n) is 4.78. The molecule has 0 bridgehead atoms. The summed E-state index contributed by atoms with van der Waals surface area (Å²) in [5.74, 6) is -0.549. The Morgan fingerprint density at radius 3 is 2.61 bits per heavy atom. The van der Waals surface area contributed by atoms with Gasteiger partial charge in [-0.3, -0.25) is 9.59 Å². The van der Waals surface area contributed by atoms with Crippen LogP contribution >= 0.6 is 0 Å². The van der Waals surface area contributed by atoms with Gasteiger partial charge >= 0.3 is 12.0 Å². The molecule has 0 radical (unpaired) electrons. The number of carbonyl (C=O) groups is 3. The number of ether oxygens (including phenoxy) is 1. The molecule has 28 heavy (non-hydrogen) atoms. The van der Waals surface area contributed by atoms with Crippen molar-refractivity contribution in [2.24, 2.45) is 7.05 Å². The first kappa shape index (κ1) is 21.8. The van der Waals surface area contributed by atoms with Gasteiger partial charge in [0.2, 0.25) is 5.91 Å². The van der Waals surface area contributed by atoms with E-state index in [0.717, 1.165) is 31.4 Å². The number of unbranched alkanes of at least 4 members (excludes halogenated alkanes) is 1. The van der Waals surface area contributed by atoms with E-state index < -0.39 is 12.0 Å². The molecule has 1 heterocycles. The van der Waals surface area contributed by atoms with Crippen LogP contribution in [0, 0.1) is 0 Å². The Kier molecular flexibility index (Phi) is 8.35. The Labute approximate surface area is 166 Å². The average Bonchev–Trinajstić information content (AvgIpc) is 3.43. The van der Waals surface area contributed by atoms with Gasteiger partial charge in [0.15, 0.2) is 0 Å². The second kappa shape index (κ2) is 10.7. The summed E-state index contributed by atoms with van der Waals surface area (Å²) in [7, 11) is 1.96. The highest BCUT2D eigenvalue weighted by Crippen LogP contribution is 2.28. The van der Waals surface area contributed by atoms with E-state index in [-0.39, 0.29) is 31.6 Å². The molecule has 8 heteroatoms. The largest absolute Gasteiger partial charge is 0.465 e. The fourth-order valence-electron chi connectivity index (χ4n) is 2.97. The second-order valence-corrected chi connectivity index (χ2v) is 7.10. The molecule has 0 aromatic carbocycles. The molecule has 2 rings (SSSR count). The zero-order valence-corrected chi connectivity index (χ0v) is 17.1. The van der Waals surface area contributed by atoms with Gasteiger partial charge < -0.3 is 24.4 Å². The maximum absolute atomic E-state index is 13.0. The molecule has 0 aliphatic heterocycles. The lowest BCUT2D eigenvalue weighted by Gasteiger charge is -2.28. The van der Waals surface area contributed by atoms with Crippen molar-refractivity contribution in [1.29, 1.82) is 0 Å². The number of aromatic nitrogens is 1. The van der Waals surface area contributed by atoms with E-state index >= 15 is 0 Å². The summed E-state index contributed by atoms with van der Waals surface area (Å²) >= 11 is 0. The highest BCUT2D eigenvalue weighted by Gasteiger charge is 2.34. The van der Waals surface area contributed by atoms with E-state index in [1.165, 1.54) is 4.90 Å². The van der Waals surface area contributed by atoms with Crippen LogP contribution in [0.15, 0.2) is 18.3 Å². The van der Waals surface area contributed by atoms with E-state index in [1.807, 2.05) is 41.8 Å². The molecule has 0 saturated heterocycles. The summed E-state index contributed by atoms with van der Waals surface area (Å²) < 4.78 is 6.84. The maximum Gasteiger partial charge on any atom is 0.325 e. The fourth-order valence-corrected chi connectivity index (χ4v) is 2.97. The van der Waals surface area contributed by atoms with Crippen LogP contribution in [0.25, 0.3) is 0 Å². The predicted octanol–water partition coefficient (Wildman–Crippen LogP) is 1.89. The van der Waals surface area contributed by atoms with Gasteiger partial charge in [-0.05, 0) is 38.3 Å². The van der Waals surface area contributed by atoms with Crippen LogP contribution in [0.3, 0.4) is 0 Å². The molecular formula is C20H32N4O4. The van der Waals surface area contributed by atoms with Crippen molar-refractivity contribution in [3.05, 3.63) is 24.0 Å². The first-order valence-corrected chi connectivity index (χ1v) is 10.0. The molecule has 1 saturated carbocycles. The van der Waals surface area contributed by atoms with Crippen molar-refractivity contribution in [2.45, 2.75) is 52.1 Å². The zero-order valence-electron chi connectivity index (χ0n) is 17.1. The second-order valence-electron chi connectivity index (χ2n) is 7.10. The summed E-state index contributed by atoms with van der Waals surface area (Å²) in [4.78, 5) is 40.3. The van der Waals surface area contributed by atoms with Gasteiger partial charge in [0, 0.05) is 31.5 Å². The van der Waals surface area contributed by atoms with Crippen LogP contribution in [0.2, 0.25) is 0 Å². The number of nitrogens with zero attached hydrogens (tertiary/aromatic N) is 3. The number of hydrogen-bond donors (Lipinski definition) is 1. The summed E-state index contributed by atoms with van der Waals surface area (Å²) in [6.45, 7) is 4.84.